The van der Waals surface area contributed by atoms with Gasteiger partial charge in [0.2, 0.25) is 0 Å². The van der Waals surface area contributed by atoms with Crippen LogP contribution >= 0.6 is 11.3 Å². The molecule has 0 unspecified atom stereocenters. The molecule has 0 atom stereocenters. The third kappa shape index (κ3) is 1.98. The summed E-state index contributed by atoms with van der Waals surface area (Å²) in [6.45, 7) is 2.06. The first-order chi connectivity index (χ1) is 10.6. The Balaban J connectivity index is 1.88. The van der Waals surface area contributed by atoms with Crippen molar-refractivity contribution < 1.29 is 9.90 Å². The Labute approximate surface area is 130 Å². The molecule has 0 aliphatic carbocycles. The van der Waals surface area contributed by atoms with E-state index >= 15 is 0 Å². The average Bonchev–Trinajstić information content (AvgIpc) is 3.04. The molecule has 5 heteroatoms. The van der Waals surface area contributed by atoms with Gasteiger partial charge in [0.15, 0.2) is 4.96 Å². The number of carboxylic acids is 1. The molecular weight excluding hydrogens is 296 g/mol. The van der Waals surface area contributed by atoms with Crippen molar-refractivity contribution in [2.75, 3.05) is 0 Å². The highest BCUT2D eigenvalue weighted by Crippen LogP contribution is 2.30. The smallest absolute Gasteiger partial charge is 0.335 e. The van der Waals surface area contributed by atoms with Crippen molar-refractivity contribution in [2.45, 2.75) is 6.92 Å². The van der Waals surface area contributed by atoms with Gasteiger partial charge >= 0.3 is 5.97 Å². The van der Waals surface area contributed by atoms with Gasteiger partial charge in [-0.05, 0) is 25.1 Å². The first-order valence-electron chi connectivity index (χ1n) is 6.84. The number of carbonyl (C=O) groups is 1. The molecular formula is C17H12N2O2S. The number of fused-ring (bicyclic) bond motifs is 3. The molecule has 2 aromatic heterocycles. The summed E-state index contributed by atoms with van der Waals surface area (Å²) in [5.74, 6) is -0.909. The van der Waals surface area contributed by atoms with E-state index in [1.54, 1.807) is 12.1 Å². The van der Waals surface area contributed by atoms with Crippen LogP contribution in [0.3, 0.4) is 0 Å². The lowest BCUT2D eigenvalue weighted by Crippen LogP contribution is -1.94. The number of aromatic carboxylic acids is 1. The van der Waals surface area contributed by atoms with E-state index in [-0.39, 0.29) is 0 Å². The van der Waals surface area contributed by atoms with Gasteiger partial charge in [0.05, 0.1) is 21.5 Å². The SMILES string of the molecule is Cc1ccc(-c2cn3c(n2)sc2cc(C(=O)O)ccc23)cc1. The van der Waals surface area contributed by atoms with Crippen LogP contribution in [0.1, 0.15) is 15.9 Å². The number of benzene rings is 2. The monoisotopic (exact) mass is 308 g/mol. The average molecular weight is 308 g/mol. The molecule has 0 saturated heterocycles. The van der Waals surface area contributed by atoms with Crippen LogP contribution in [0.15, 0.2) is 48.7 Å². The molecule has 0 aliphatic heterocycles. The second kappa shape index (κ2) is 4.68. The minimum Gasteiger partial charge on any atom is -0.478 e. The molecule has 4 nitrogen and oxygen atoms in total. The Kier molecular flexibility index (Phi) is 2.77. The van der Waals surface area contributed by atoms with Crippen molar-refractivity contribution in [2.24, 2.45) is 0 Å². The first kappa shape index (κ1) is 13.0. The Hall–Kier alpha value is -2.66. The summed E-state index contributed by atoms with van der Waals surface area (Å²) >= 11 is 1.50. The van der Waals surface area contributed by atoms with Crippen LogP contribution in [-0.2, 0) is 0 Å². The number of carboxylic acid groups (broad SMARTS) is 1. The highest BCUT2D eigenvalue weighted by atomic mass is 32.1. The van der Waals surface area contributed by atoms with Crippen molar-refractivity contribution in [3.8, 4) is 11.3 Å². The van der Waals surface area contributed by atoms with Crippen molar-refractivity contribution in [3.63, 3.8) is 0 Å². The van der Waals surface area contributed by atoms with Crippen LogP contribution in [0.2, 0.25) is 0 Å². The van der Waals surface area contributed by atoms with E-state index < -0.39 is 5.97 Å². The maximum atomic E-state index is 11.0. The molecule has 2 heterocycles. The minimum atomic E-state index is -0.909. The van der Waals surface area contributed by atoms with Crippen LogP contribution in [0.25, 0.3) is 26.4 Å². The Morgan fingerprint density at radius 1 is 1.18 bits per heavy atom. The van der Waals surface area contributed by atoms with Gasteiger partial charge in [-0.25, -0.2) is 9.78 Å². The fourth-order valence-corrected chi connectivity index (χ4v) is 3.54. The fraction of sp³-hybridized carbons (Fsp3) is 0.0588. The summed E-state index contributed by atoms with van der Waals surface area (Å²) in [7, 11) is 0. The zero-order valence-corrected chi connectivity index (χ0v) is 12.6. The summed E-state index contributed by atoms with van der Waals surface area (Å²) < 4.78 is 2.94. The maximum Gasteiger partial charge on any atom is 0.335 e. The fourth-order valence-electron chi connectivity index (χ4n) is 2.50. The summed E-state index contributed by atoms with van der Waals surface area (Å²) in [6, 6.07) is 13.4. The lowest BCUT2D eigenvalue weighted by atomic mass is 10.1. The van der Waals surface area contributed by atoms with Gasteiger partial charge < -0.3 is 5.11 Å². The first-order valence-corrected chi connectivity index (χ1v) is 7.65. The minimum absolute atomic E-state index is 0.302. The van der Waals surface area contributed by atoms with Gasteiger partial charge in [0.25, 0.3) is 0 Å². The summed E-state index contributed by atoms with van der Waals surface area (Å²) in [5.41, 5.74) is 4.51. The molecule has 0 saturated carbocycles. The van der Waals surface area contributed by atoms with Gasteiger partial charge in [-0.2, -0.15) is 0 Å². The number of rotatable bonds is 2. The van der Waals surface area contributed by atoms with Crippen LogP contribution in [0.4, 0.5) is 0 Å². The van der Waals surface area contributed by atoms with Crippen molar-refractivity contribution in [1.29, 1.82) is 0 Å². The zero-order chi connectivity index (χ0) is 15.3. The Morgan fingerprint density at radius 3 is 2.68 bits per heavy atom. The molecule has 108 valence electrons. The number of hydrogen-bond acceptors (Lipinski definition) is 3. The number of nitrogens with zero attached hydrogens (tertiary/aromatic N) is 2. The van der Waals surface area contributed by atoms with E-state index in [4.69, 9.17) is 5.11 Å². The molecule has 0 aliphatic rings. The van der Waals surface area contributed by atoms with Gasteiger partial charge in [-0.3, -0.25) is 4.40 Å². The van der Waals surface area contributed by atoms with Gasteiger partial charge in [-0.1, -0.05) is 41.2 Å². The summed E-state index contributed by atoms with van der Waals surface area (Å²) in [6.07, 6.45) is 2.00. The second-order valence-electron chi connectivity index (χ2n) is 5.23. The zero-order valence-electron chi connectivity index (χ0n) is 11.8. The predicted molar refractivity (Wildman–Crippen MR) is 87.7 cm³/mol. The molecule has 1 N–H and O–H groups in total. The number of aryl methyl sites for hydroxylation is 1. The lowest BCUT2D eigenvalue weighted by molar-refractivity contribution is 0.0697. The molecule has 4 rings (SSSR count). The lowest BCUT2D eigenvalue weighted by Gasteiger charge is -1.97. The molecule has 2 aromatic carbocycles. The molecule has 0 amide bonds. The Bertz CT molecular complexity index is 1010. The predicted octanol–water partition coefficient (Wildman–Crippen LogP) is 4.22. The van der Waals surface area contributed by atoms with Crippen LogP contribution in [0, 0.1) is 6.92 Å². The number of imidazole rings is 1. The van der Waals surface area contributed by atoms with Crippen LogP contribution in [-0.4, -0.2) is 20.5 Å². The standard InChI is InChI=1S/C17H12N2O2S/c1-10-2-4-11(5-3-10)13-9-19-14-7-6-12(16(20)21)8-15(14)22-17(19)18-13/h2-9H,1H3,(H,20,21). The molecule has 0 spiro atoms. The highest BCUT2D eigenvalue weighted by Gasteiger charge is 2.12. The molecule has 0 bridgehead atoms. The summed E-state index contributed by atoms with van der Waals surface area (Å²) in [5, 5.41) is 9.07. The van der Waals surface area contributed by atoms with E-state index in [1.165, 1.54) is 16.9 Å². The van der Waals surface area contributed by atoms with Crippen molar-refractivity contribution >= 4 is 32.5 Å². The van der Waals surface area contributed by atoms with E-state index in [9.17, 15) is 4.79 Å². The van der Waals surface area contributed by atoms with Gasteiger partial charge in [0, 0.05) is 11.8 Å². The van der Waals surface area contributed by atoms with E-state index in [2.05, 4.69) is 36.2 Å². The van der Waals surface area contributed by atoms with Crippen LogP contribution < -0.4 is 0 Å². The number of hydrogen-bond donors (Lipinski definition) is 1. The normalized spacial score (nSPS) is 11.3. The van der Waals surface area contributed by atoms with Gasteiger partial charge in [0.1, 0.15) is 0 Å². The quantitative estimate of drug-likeness (QED) is 0.603. The van der Waals surface area contributed by atoms with Gasteiger partial charge in [-0.15, -0.1) is 0 Å². The molecule has 0 radical (unpaired) electrons. The summed E-state index contributed by atoms with van der Waals surface area (Å²) in [4.78, 5) is 16.6. The van der Waals surface area contributed by atoms with E-state index in [1.807, 2.05) is 16.7 Å². The largest absolute Gasteiger partial charge is 0.478 e. The molecule has 22 heavy (non-hydrogen) atoms. The van der Waals surface area contributed by atoms with E-state index in [0.29, 0.717) is 5.56 Å². The number of thiazole rings is 1. The second-order valence-corrected chi connectivity index (χ2v) is 6.24. The Morgan fingerprint density at radius 2 is 1.95 bits per heavy atom. The number of aromatic nitrogens is 2. The molecule has 0 fully saturated rings. The molecule has 4 aromatic rings. The highest BCUT2D eigenvalue weighted by molar-refractivity contribution is 7.23. The van der Waals surface area contributed by atoms with Crippen molar-refractivity contribution in [3.05, 3.63) is 59.8 Å². The van der Waals surface area contributed by atoms with E-state index in [0.717, 1.165) is 26.4 Å². The third-order valence-corrected chi connectivity index (χ3v) is 4.71. The topological polar surface area (TPSA) is 54.6 Å². The maximum absolute atomic E-state index is 11.0. The van der Waals surface area contributed by atoms with Crippen LogP contribution in [0.5, 0.6) is 0 Å². The van der Waals surface area contributed by atoms with Crippen molar-refractivity contribution in [1.82, 2.24) is 9.38 Å². The third-order valence-electron chi connectivity index (χ3n) is 3.69.